The van der Waals surface area contributed by atoms with Gasteiger partial charge < -0.3 is 9.15 Å². The number of amides is 1. The lowest BCUT2D eigenvalue weighted by molar-refractivity contribution is 0.0531. The van der Waals surface area contributed by atoms with Gasteiger partial charge in [-0.05, 0) is 37.6 Å². The predicted molar refractivity (Wildman–Crippen MR) is 118 cm³/mol. The van der Waals surface area contributed by atoms with Crippen LogP contribution in [0.25, 0.3) is 11.0 Å². The molecule has 1 atom stereocenters. The summed E-state index contributed by atoms with van der Waals surface area (Å²) in [6.07, 6.45) is 3.21. The van der Waals surface area contributed by atoms with Crippen LogP contribution in [-0.4, -0.2) is 28.5 Å². The standard InChI is InChI=1S/C23H17N3O5S/c1-3-30-22(29)20-12(2)25-23(32-20)26-17(13-7-6-10-24-11-13)16-18(27)14-8-4-5-9-15(14)31-19(16)21(26)28/h4-11,17H,3H2,1-2H3/t17-/m1/s1. The third kappa shape index (κ3) is 3.01. The van der Waals surface area contributed by atoms with Crippen molar-refractivity contribution in [3.63, 3.8) is 0 Å². The molecule has 1 aliphatic heterocycles. The molecule has 3 aromatic heterocycles. The van der Waals surface area contributed by atoms with E-state index in [4.69, 9.17) is 9.15 Å². The highest BCUT2D eigenvalue weighted by Crippen LogP contribution is 2.42. The number of esters is 1. The summed E-state index contributed by atoms with van der Waals surface area (Å²) in [7, 11) is 0. The Bertz CT molecular complexity index is 1430. The molecule has 8 nitrogen and oxygen atoms in total. The average molecular weight is 447 g/mol. The maximum Gasteiger partial charge on any atom is 0.350 e. The van der Waals surface area contributed by atoms with E-state index >= 15 is 0 Å². The van der Waals surface area contributed by atoms with Gasteiger partial charge in [0.1, 0.15) is 10.5 Å². The minimum Gasteiger partial charge on any atom is -0.462 e. The fourth-order valence-electron chi connectivity index (χ4n) is 3.84. The van der Waals surface area contributed by atoms with Gasteiger partial charge in [-0.2, -0.15) is 0 Å². The zero-order valence-electron chi connectivity index (χ0n) is 17.2. The topological polar surface area (TPSA) is 103 Å². The molecule has 0 spiro atoms. The van der Waals surface area contributed by atoms with Gasteiger partial charge in [-0.15, -0.1) is 0 Å². The van der Waals surface area contributed by atoms with Crippen LogP contribution in [0.15, 0.2) is 58.0 Å². The number of anilines is 1. The summed E-state index contributed by atoms with van der Waals surface area (Å²) in [5, 5.41) is 0.664. The zero-order chi connectivity index (χ0) is 22.4. The van der Waals surface area contributed by atoms with Crippen molar-refractivity contribution in [2.24, 2.45) is 0 Å². The maximum absolute atomic E-state index is 13.5. The van der Waals surface area contributed by atoms with E-state index in [-0.39, 0.29) is 28.5 Å². The number of pyridine rings is 1. The van der Waals surface area contributed by atoms with E-state index in [1.807, 2.05) is 0 Å². The molecule has 0 saturated heterocycles. The maximum atomic E-state index is 13.5. The summed E-state index contributed by atoms with van der Waals surface area (Å²) in [4.78, 5) is 49.6. The lowest BCUT2D eigenvalue weighted by Crippen LogP contribution is -2.29. The van der Waals surface area contributed by atoms with E-state index in [9.17, 15) is 14.4 Å². The second-order valence-corrected chi connectivity index (χ2v) is 8.14. The molecule has 0 fully saturated rings. The summed E-state index contributed by atoms with van der Waals surface area (Å²) in [6, 6.07) is 9.54. The minimum atomic E-state index is -0.785. The van der Waals surface area contributed by atoms with Gasteiger partial charge in [-0.3, -0.25) is 19.5 Å². The Morgan fingerprint density at radius 1 is 1.22 bits per heavy atom. The van der Waals surface area contributed by atoms with Crippen molar-refractivity contribution in [2.75, 3.05) is 11.5 Å². The van der Waals surface area contributed by atoms with E-state index in [1.54, 1.807) is 62.6 Å². The number of para-hydroxylation sites is 1. The van der Waals surface area contributed by atoms with Gasteiger partial charge in [0, 0.05) is 12.4 Å². The van der Waals surface area contributed by atoms with E-state index < -0.39 is 17.9 Å². The van der Waals surface area contributed by atoms with Gasteiger partial charge in [0.2, 0.25) is 5.76 Å². The van der Waals surface area contributed by atoms with Crippen molar-refractivity contribution in [1.29, 1.82) is 0 Å². The smallest absolute Gasteiger partial charge is 0.350 e. The predicted octanol–water partition coefficient (Wildman–Crippen LogP) is 3.88. The molecule has 9 heteroatoms. The average Bonchev–Trinajstić information content (AvgIpc) is 3.32. The number of hydrogen-bond acceptors (Lipinski definition) is 8. The molecule has 4 heterocycles. The van der Waals surface area contributed by atoms with Crippen molar-refractivity contribution in [2.45, 2.75) is 19.9 Å². The van der Waals surface area contributed by atoms with Crippen LogP contribution in [-0.2, 0) is 4.74 Å². The number of aromatic nitrogens is 2. The number of thiazole rings is 1. The SMILES string of the molecule is CCOC(=O)c1sc(N2C(=O)c3oc4ccccc4c(=O)c3[C@H]2c2cccnc2)nc1C. The monoisotopic (exact) mass is 447 g/mol. The van der Waals surface area contributed by atoms with Gasteiger partial charge in [-0.25, -0.2) is 9.78 Å². The van der Waals surface area contributed by atoms with Gasteiger partial charge in [0.15, 0.2) is 10.6 Å². The highest BCUT2D eigenvalue weighted by Gasteiger charge is 2.45. The van der Waals surface area contributed by atoms with Gasteiger partial charge in [0.05, 0.1) is 29.3 Å². The fourth-order valence-corrected chi connectivity index (χ4v) is 4.83. The van der Waals surface area contributed by atoms with E-state index in [0.717, 1.165) is 11.3 Å². The molecule has 32 heavy (non-hydrogen) atoms. The zero-order valence-corrected chi connectivity index (χ0v) is 18.0. The van der Waals surface area contributed by atoms with Crippen LogP contribution < -0.4 is 10.3 Å². The first kappa shape index (κ1) is 20.1. The van der Waals surface area contributed by atoms with Gasteiger partial charge in [-0.1, -0.05) is 29.5 Å². The van der Waals surface area contributed by atoms with Crippen molar-refractivity contribution < 1.29 is 18.7 Å². The molecule has 0 saturated carbocycles. The number of rotatable bonds is 4. The fraction of sp³-hybridized carbons (Fsp3) is 0.174. The lowest BCUT2D eigenvalue weighted by Gasteiger charge is -2.22. The van der Waals surface area contributed by atoms with Crippen molar-refractivity contribution in [3.8, 4) is 0 Å². The van der Waals surface area contributed by atoms with Gasteiger partial charge in [0.25, 0.3) is 5.91 Å². The molecular weight excluding hydrogens is 430 g/mol. The molecule has 160 valence electrons. The summed E-state index contributed by atoms with van der Waals surface area (Å²) < 4.78 is 11.0. The molecule has 1 aromatic carbocycles. The van der Waals surface area contributed by atoms with Crippen molar-refractivity contribution in [1.82, 2.24) is 9.97 Å². The highest BCUT2D eigenvalue weighted by molar-refractivity contribution is 7.17. The van der Waals surface area contributed by atoms with Crippen LogP contribution in [0.1, 0.15) is 50.0 Å². The largest absolute Gasteiger partial charge is 0.462 e. The number of fused-ring (bicyclic) bond motifs is 2. The Hall–Kier alpha value is -3.85. The molecule has 0 bridgehead atoms. The van der Waals surface area contributed by atoms with E-state index in [1.165, 1.54) is 4.90 Å². The first-order valence-electron chi connectivity index (χ1n) is 9.95. The van der Waals surface area contributed by atoms with Crippen molar-refractivity contribution in [3.05, 3.63) is 86.5 Å². The first-order chi connectivity index (χ1) is 15.5. The third-order valence-corrected chi connectivity index (χ3v) is 6.37. The second-order valence-electron chi connectivity index (χ2n) is 7.17. The van der Waals surface area contributed by atoms with Crippen LogP contribution in [0.2, 0.25) is 0 Å². The summed E-state index contributed by atoms with van der Waals surface area (Å²) in [6.45, 7) is 3.62. The first-order valence-corrected chi connectivity index (χ1v) is 10.8. The second kappa shape index (κ2) is 7.69. The Balaban J connectivity index is 1.74. The number of carbonyl (C=O) groups is 2. The molecular formula is C23H17N3O5S. The number of hydrogen-bond donors (Lipinski definition) is 0. The molecule has 5 rings (SSSR count). The lowest BCUT2D eigenvalue weighted by atomic mass is 10.0. The van der Waals surface area contributed by atoms with Crippen LogP contribution in [0.5, 0.6) is 0 Å². The number of carbonyl (C=O) groups excluding carboxylic acids is 2. The number of benzene rings is 1. The Morgan fingerprint density at radius 2 is 2.03 bits per heavy atom. The highest BCUT2D eigenvalue weighted by atomic mass is 32.1. The summed E-state index contributed by atoms with van der Waals surface area (Å²) in [5.74, 6) is -1.04. The van der Waals surface area contributed by atoms with Crippen molar-refractivity contribution >= 4 is 39.3 Å². The number of ether oxygens (including phenoxy) is 1. The Kier molecular flexibility index (Phi) is 4.82. The molecule has 1 amide bonds. The number of nitrogens with zero attached hydrogens (tertiary/aromatic N) is 3. The van der Waals surface area contributed by atoms with E-state index in [2.05, 4.69) is 9.97 Å². The molecule has 0 N–H and O–H groups in total. The Labute approximate surface area is 186 Å². The third-order valence-electron chi connectivity index (χ3n) is 5.23. The van der Waals surface area contributed by atoms with Crippen LogP contribution in [0, 0.1) is 6.92 Å². The van der Waals surface area contributed by atoms with Crippen LogP contribution in [0.3, 0.4) is 0 Å². The van der Waals surface area contributed by atoms with Gasteiger partial charge >= 0.3 is 5.97 Å². The molecule has 4 aromatic rings. The van der Waals surface area contributed by atoms with Crippen LogP contribution in [0.4, 0.5) is 5.13 Å². The molecule has 0 aliphatic carbocycles. The minimum absolute atomic E-state index is 0.0342. The summed E-state index contributed by atoms with van der Waals surface area (Å²) in [5.41, 5.74) is 1.35. The van der Waals surface area contributed by atoms with E-state index in [0.29, 0.717) is 27.1 Å². The summed E-state index contributed by atoms with van der Waals surface area (Å²) >= 11 is 1.04. The molecule has 0 unspecified atom stereocenters. The number of aryl methyl sites for hydroxylation is 1. The molecule has 1 aliphatic rings. The Morgan fingerprint density at radius 3 is 2.78 bits per heavy atom. The normalized spacial score (nSPS) is 15.2. The van der Waals surface area contributed by atoms with Crippen LogP contribution >= 0.6 is 11.3 Å². The molecule has 0 radical (unpaired) electrons. The quantitative estimate of drug-likeness (QED) is 0.438.